The van der Waals surface area contributed by atoms with Crippen LogP contribution in [0.15, 0.2) is 83.0 Å². The molecule has 6 nitrogen and oxygen atoms in total. The van der Waals surface area contributed by atoms with Gasteiger partial charge in [-0.1, -0.05) is 64.0 Å². The lowest BCUT2D eigenvalue weighted by Gasteiger charge is -2.20. The number of carbonyl (C=O) groups excluding carboxylic acids is 2. The van der Waals surface area contributed by atoms with E-state index >= 15 is 0 Å². The molecule has 0 spiro atoms. The Morgan fingerprint density at radius 3 is 2.51 bits per heavy atom. The number of halogens is 1. The van der Waals surface area contributed by atoms with Crippen LogP contribution >= 0.6 is 28.1 Å². The molecular weight excluding hydrogens is 550 g/mol. The molecule has 2 amide bonds. The Bertz CT molecular complexity index is 1330. The number of aryl methyl sites for hydroxylation is 1. The summed E-state index contributed by atoms with van der Waals surface area (Å²) < 4.78 is 6.71. The fourth-order valence-electron chi connectivity index (χ4n) is 3.99. The predicted octanol–water partition coefficient (Wildman–Crippen LogP) is 5.49. The van der Waals surface area contributed by atoms with Crippen molar-refractivity contribution in [3.05, 3.63) is 99.7 Å². The maximum Gasteiger partial charge on any atom is 0.277 e. The first-order valence-corrected chi connectivity index (χ1v) is 13.2. The van der Waals surface area contributed by atoms with Gasteiger partial charge in [-0.2, -0.15) is 0 Å². The maximum absolute atomic E-state index is 13.3. The number of ether oxygens (including phenoxy) is 1. The maximum atomic E-state index is 13.3. The van der Waals surface area contributed by atoms with Crippen LogP contribution in [0.1, 0.15) is 23.6 Å². The number of amides is 2. The molecule has 1 aliphatic heterocycles. The second-order valence-corrected chi connectivity index (χ2v) is 9.87. The van der Waals surface area contributed by atoms with Crippen LogP contribution in [-0.4, -0.2) is 41.5 Å². The lowest BCUT2D eigenvalue weighted by atomic mass is 10.1. The molecule has 0 aliphatic carbocycles. The van der Waals surface area contributed by atoms with E-state index in [1.54, 1.807) is 21.9 Å². The molecule has 190 valence electrons. The molecule has 0 bridgehead atoms. The minimum absolute atomic E-state index is 0.137. The minimum atomic E-state index is -0.214. The average Bonchev–Trinajstić information content (AvgIpc) is 3.13. The van der Waals surface area contributed by atoms with Crippen LogP contribution in [0.3, 0.4) is 0 Å². The van der Waals surface area contributed by atoms with Crippen molar-refractivity contribution in [2.24, 2.45) is 0 Å². The Morgan fingerprint density at radius 1 is 1.08 bits per heavy atom. The number of benzene rings is 3. The van der Waals surface area contributed by atoms with Crippen LogP contribution in [0.25, 0.3) is 6.08 Å². The van der Waals surface area contributed by atoms with Gasteiger partial charge < -0.3 is 10.1 Å². The van der Waals surface area contributed by atoms with E-state index in [9.17, 15) is 9.59 Å². The zero-order valence-electron chi connectivity index (χ0n) is 20.7. The molecule has 1 aliphatic rings. The highest BCUT2D eigenvalue weighted by Crippen LogP contribution is 2.33. The molecular formula is C29H28BrN3O3S. The van der Waals surface area contributed by atoms with E-state index in [0.29, 0.717) is 35.2 Å². The van der Waals surface area contributed by atoms with Crippen molar-refractivity contribution in [3.8, 4) is 5.75 Å². The topological polar surface area (TPSA) is 61.9 Å². The first kappa shape index (κ1) is 26.6. The summed E-state index contributed by atoms with van der Waals surface area (Å²) in [6.07, 6.45) is 2.50. The molecule has 1 saturated heterocycles. The Morgan fingerprint density at radius 2 is 1.81 bits per heavy atom. The third kappa shape index (κ3) is 6.45. The standard InChI is InChI=1S/C29H28BrN3O3S/c1-3-32-28(35)25(33(29(32)37)24-12-9-20(2)10-13-24)18-22-17-23(30)11-14-26(22)36-19-27(34)31-16-15-21-7-5-4-6-8-21/h4-14,17-18H,3,15-16,19H2,1-2H3,(H,31,34). The van der Waals surface area contributed by atoms with Crippen molar-refractivity contribution >= 4 is 56.8 Å². The first-order valence-electron chi connectivity index (χ1n) is 12.0. The number of thiocarbonyl (C=S) groups is 1. The van der Waals surface area contributed by atoms with Crippen molar-refractivity contribution in [2.45, 2.75) is 20.3 Å². The molecule has 0 atom stereocenters. The Hall–Kier alpha value is -3.49. The quantitative estimate of drug-likeness (QED) is 0.269. The number of carbonyl (C=O) groups is 2. The van der Waals surface area contributed by atoms with Crippen molar-refractivity contribution in [2.75, 3.05) is 24.6 Å². The number of hydrogen-bond acceptors (Lipinski definition) is 4. The molecule has 0 radical (unpaired) electrons. The normalized spacial score (nSPS) is 14.4. The molecule has 37 heavy (non-hydrogen) atoms. The average molecular weight is 579 g/mol. The van der Waals surface area contributed by atoms with Gasteiger partial charge in [-0.3, -0.25) is 19.4 Å². The van der Waals surface area contributed by atoms with E-state index in [4.69, 9.17) is 17.0 Å². The van der Waals surface area contributed by atoms with Crippen molar-refractivity contribution < 1.29 is 14.3 Å². The third-order valence-electron chi connectivity index (χ3n) is 5.94. The largest absolute Gasteiger partial charge is 0.483 e. The highest BCUT2D eigenvalue weighted by molar-refractivity contribution is 9.10. The van der Waals surface area contributed by atoms with E-state index in [1.165, 1.54) is 0 Å². The van der Waals surface area contributed by atoms with Gasteiger partial charge in [0.15, 0.2) is 11.7 Å². The molecule has 0 saturated carbocycles. The molecule has 0 unspecified atom stereocenters. The summed E-state index contributed by atoms with van der Waals surface area (Å²) >= 11 is 9.17. The molecule has 1 fully saturated rings. The van der Waals surface area contributed by atoms with Crippen LogP contribution in [0.5, 0.6) is 5.75 Å². The Labute approximate surface area is 231 Å². The molecule has 1 N–H and O–H groups in total. The highest BCUT2D eigenvalue weighted by Gasteiger charge is 2.38. The van der Waals surface area contributed by atoms with Gasteiger partial charge in [-0.05, 0) is 74.5 Å². The molecule has 3 aromatic rings. The number of nitrogens with one attached hydrogen (secondary N) is 1. The molecule has 8 heteroatoms. The lowest BCUT2D eigenvalue weighted by Crippen LogP contribution is -2.32. The van der Waals surface area contributed by atoms with Crippen LogP contribution < -0.4 is 15.0 Å². The summed E-state index contributed by atoms with van der Waals surface area (Å²) in [5, 5.41) is 3.32. The number of nitrogens with zero attached hydrogens (tertiary/aromatic N) is 2. The summed E-state index contributed by atoms with van der Waals surface area (Å²) in [6.45, 7) is 4.75. The smallest absolute Gasteiger partial charge is 0.277 e. The van der Waals surface area contributed by atoms with Crippen LogP contribution in [0, 0.1) is 6.92 Å². The van der Waals surface area contributed by atoms with E-state index in [1.807, 2.05) is 80.6 Å². The van der Waals surface area contributed by atoms with Crippen molar-refractivity contribution in [1.82, 2.24) is 10.2 Å². The summed E-state index contributed by atoms with van der Waals surface area (Å²) in [5.74, 6) is 0.0955. The fourth-order valence-corrected chi connectivity index (χ4v) is 4.78. The van der Waals surface area contributed by atoms with E-state index in [-0.39, 0.29) is 18.4 Å². The van der Waals surface area contributed by atoms with Crippen LogP contribution in [0.4, 0.5) is 5.69 Å². The number of anilines is 1. The highest BCUT2D eigenvalue weighted by atomic mass is 79.9. The van der Waals surface area contributed by atoms with Crippen LogP contribution in [-0.2, 0) is 16.0 Å². The van der Waals surface area contributed by atoms with Gasteiger partial charge in [0.05, 0.1) is 0 Å². The van der Waals surface area contributed by atoms with Gasteiger partial charge in [0.2, 0.25) is 0 Å². The van der Waals surface area contributed by atoms with Gasteiger partial charge in [-0.25, -0.2) is 0 Å². The van der Waals surface area contributed by atoms with Gasteiger partial charge in [-0.15, -0.1) is 0 Å². The fraction of sp³-hybridized carbons (Fsp3) is 0.207. The lowest BCUT2D eigenvalue weighted by molar-refractivity contribution is -0.123. The number of likely N-dealkylation sites (N-methyl/N-ethyl adjacent to an activating group) is 1. The molecule has 0 aromatic heterocycles. The Balaban J connectivity index is 1.53. The van der Waals surface area contributed by atoms with Gasteiger partial charge >= 0.3 is 0 Å². The Kier molecular flexibility index (Phi) is 8.74. The summed E-state index contributed by atoms with van der Waals surface area (Å²) in [5.41, 5.74) is 4.16. The monoisotopic (exact) mass is 577 g/mol. The van der Waals surface area contributed by atoms with Crippen LogP contribution in [0.2, 0.25) is 0 Å². The zero-order chi connectivity index (χ0) is 26.4. The van der Waals surface area contributed by atoms with Gasteiger partial charge in [0.25, 0.3) is 11.8 Å². The number of hydrogen-bond donors (Lipinski definition) is 1. The number of rotatable bonds is 9. The van der Waals surface area contributed by atoms with Crippen molar-refractivity contribution in [1.29, 1.82) is 0 Å². The van der Waals surface area contributed by atoms with Gasteiger partial charge in [0.1, 0.15) is 11.4 Å². The zero-order valence-corrected chi connectivity index (χ0v) is 23.1. The second-order valence-electron chi connectivity index (χ2n) is 8.59. The summed E-state index contributed by atoms with van der Waals surface area (Å²) in [7, 11) is 0. The molecule has 4 rings (SSSR count). The predicted molar refractivity (Wildman–Crippen MR) is 154 cm³/mol. The summed E-state index contributed by atoms with van der Waals surface area (Å²) in [6, 6.07) is 23.3. The van der Waals surface area contributed by atoms with E-state index < -0.39 is 0 Å². The summed E-state index contributed by atoms with van der Waals surface area (Å²) in [4.78, 5) is 29.1. The second kappa shape index (κ2) is 12.2. The molecule has 1 heterocycles. The first-order chi connectivity index (χ1) is 17.9. The van der Waals surface area contributed by atoms with Crippen molar-refractivity contribution in [3.63, 3.8) is 0 Å². The molecule has 3 aromatic carbocycles. The van der Waals surface area contributed by atoms with Gasteiger partial charge in [0, 0.05) is 28.8 Å². The SMILES string of the molecule is CCN1C(=O)C(=Cc2cc(Br)ccc2OCC(=O)NCCc2ccccc2)N(c2ccc(C)cc2)C1=S. The minimum Gasteiger partial charge on any atom is -0.483 e. The van der Waals surface area contributed by atoms with E-state index in [0.717, 1.165) is 27.7 Å². The third-order valence-corrected chi connectivity index (χ3v) is 6.83. The van der Waals surface area contributed by atoms with E-state index in [2.05, 4.69) is 21.2 Å².